The SMILES string of the molecule is CNCc1ccc(Oc2ccccc2C)cc1Cl. The molecule has 2 aromatic carbocycles. The predicted molar refractivity (Wildman–Crippen MR) is 75.5 cm³/mol. The van der Waals surface area contributed by atoms with Gasteiger partial charge in [-0.15, -0.1) is 0 Å². The number of ether oxygens (including phenoxy) is 1. The van der Waals surface area contributed by atoms with Crippen LogP contribution in [0, 0.1) is 6.92 Å². The molecule has 0 aliphatic heterocycles. The first-order chi connectivity index (χ1) is 8.70. The molecule has 0 heterocycles. The molecule has 0 saturated heterocycles. The van der Waals surface area contributed by atoms with E-state index in [4.69, 9.17) is 16.3 Å². The second-order valence-corrected chi connectivity index (χ2v) is 4.56. The van der Waals surface area contributed by atoms with Crippen LogP contribution in [0.25, 0.3) is 0 Å². The van der Waals surface area contributed by atoms with Gasteiger partial charge in [0.05, 0.1) is 0 Å². The molecule has 94 valence electrons. The number of benzene rings is 2. The molecule has 0 unspecified atom stereocenters. The van der Waals surface area contributed by atoms with Crippen molar-refractivity contribution in [1.82, 2.24) is 5.32 Å². The van der Waals surface area contributed by atoms with Crippen LogP contribution >= 0.6 is 11.6 Å². The first-order valence-electron chi connectivity index (χ1n) is 5.87. The van der Waals surface area contributed by atoms with Crippen molar-refractivity contribution in [3.05, 3.63) is 58.6 Å². The number of aryl methyl sites for hydroxylation is 1. The summed E-state index contributed by atoms with van der Waals surface area (Å²) in [6.07, 6.45) is 0. The molecule has 2 nitrogen and oxygen atoms in total. The third kappa shape index (κ3) is 3.03. The van der Waals surface area contributed by atoms with Gasteiger partial charge >= 0.3 is 0 Å². The molecule has 0 aromatic heterocycles. The van der Waals surface area contributed by atoms with E-state index in [0.29, 0.717) is 0 Å². The Hall–Kier alpha value is -1.51. The van der Waals surface area contributed by atoms with Gasteiger partial charge in [0.1, 0.15) is 11.5 Å². The van der Waals surface area contributed by atoms with E-state index in [1.165, 1.54) is 0 Å². The maximum absolute atomic E-state index is 6.19. The Morgan fingerprint density at radius 2 is 1.94 bits per heavy atom. The summed E-state index contributed by atoms with van der Waals surface area (Å²) in [6.45, 7) is 2.77. The Morgan fingerprint density at radius 3 is 2.61 bits per heavy atom. The van der Waals surface area contributed by atoms with Crippen LogP contribution in [0.4, 0.5) is 0 Å². The predicted octanol–water partition coefficient (Wildman–Crippen LogP) is 4.16. The molecule has 0 bridgehead atoms. The van der Waals surface area contributed by atoms with E-state index >= 15 is 0 Å². The lowest BCUT2D eigenvalue weighted by Crippen LogP contribution is -2.05. The number of hydrogen-bond acceptors (Lipinski definition) is 2. The van der Waals surface area contributed by atoms with Gasteiger partial charge in [-0.2, -0.15) is 0 Å². The van der Waals surface area contributed by atoms with Crippen LogP contribution in [0.3, 0.4) is 0 Å². The largest absolute Gasteiger partial charge is 0.457 e. The fourth-order valence-corrected chi connectivity index (χ4v) is 1.96. The second kappa shape index (κ2) is 5.89. The van der Waals surface area contributed by atoms with E-state index < -0.39 is 0 Å². The van der Waals surface area contributed by atoms with Crippen molar-refractivity contribution in [1.29, 1.82) is 0 Å². The summed E-state index contributed by atoms with van der Waals surface area (Å²) in [5.41, 5.74) is 2.17. The van der Waals surface area contributed by atoms with E-state index in [0.717, 1.165) is 34.2 Å². The Morgan fingerprint density at radius 1 is 1.17 bits per heavy atom. The van der Waals surface area contributed by atoms with Crippen LogP contribution < -0.4 is 10.1 Å². The molecule has 0 radical (unpaired) electrons. The van der Waals surface area contributed by atoms with Crippen LogP contribution in [0.2, 0.25) is 5.02 Å². The molecule has 0 spiro atoms. The topological polar surface area (TPSA) is 21.3 Å². The van der Waals surface area contributed by atoms with Gasteiger partial charge in [0.15, 0.2) is 0 Å². The molecule has 2 aromatic rings. The fourth-order valence-electron chi connectivity index (χ4n) is 1.72. The molecule has 18 heavy (non-hydrogen) atoms. The van der Waals surface area contributed by atoms with E-state index in [2.05, 4.69) is 5.32 Å². The van der Waals surface area contributed by atoms with Gasteiger partial charge in [-0.3, -0.25) is 0 Å². The molecule has 0 aliphatic rings. The molecular weight excluding hydrogens is 246 g/mol. The molecule has 0 amide bonds. The van der Waals surface area contributed by atoms with Crippen LogP contribution in [-0.2, 0) is 6.54 Å². The zero-order valence-electron chi connectivity index (χ0n) is 10.5. The van der Waals surface area contributed by atoms with Crippen molar-refractivity contribution in [3.63, 3.8) is 0 Å². The Labute approximate surface area is 113 Å². The van der Waals surface area contributed by atoms with Crippen LogP contribution in [0.1, 0.15) is 11.1 Å². The molecule has 1 N–H and O–H groups in total. The highest BCUT2D eigenvalue weighted by Gasteiger charge is 2.04. The van der Waals surface area contributed by atoms with Crippen LogP contribution in [0.15, 0.2) is 42.5 Å². The summed E-state index contributed by atoms with van der Waals surface area (Å²) >= 11 is 6.19. The fraction of sp³-hybridized carbons (Fsp3) is 0.200. The average Bonchev–Trinajstić information content (AvgIpc) is 2.36. The monoisotopic (exact) mass is 261 g/mol. The van der Waals surface area contributed by atoms with Crippen molar-refractivity contribution >= 4 is 11.6 Å². The zero-order valence-corrected chi connectivity index (χ0v) is 11.3. The quantitative estimate of drug-likeness (QED) is 0.892. The molecule has 0 fully saturated rings. The Kier molecular flexibility index (Phi) is 4.24. The summed E-state index contributed by atoms with van der Waals surface area (Å²) in [6, 6.07) is 13.7. The second-order valence-electron chi connectivity index (χ2n) is 4.15. The number of rotatable bonds is 4. The smallest absolute Gasteiger partial charge is 0.130 e. The number of halogens is 1. The minimum absolute atomic E-state index is 0.718. The minimum atomic E-state index is 0.718. The van der Waals surface area contributed by atoms with Crippen LogP contribution in [-0.4, -0.2) is 7.05 Å². The van der Waals surface area contributed by atoms with Gasteiger partial charge in [0, 0.05) is 11.6 Å². The van der Waals surface area contributed by atoms with E-state index in [1.54, 1.807) is 0 Å². The lowest BCUT2D eigenvalue weighted by Gasteiger charge is -2.10. The van der Waals surface area contributed by atoms with Crippen molar-refractivity contribution in [2.75, 3.05) is 7.05 Å². The average molecular weight is 262 g/mol. The highest BCUT2D eigenvalue weighted by molar-refractivity contribution is 6.31. The van der Waals surface area contributed by atoms with Gasteiger partial charge in [0.25, 0.3) is 0 Å². The van der Waals surface area contributed by atoms with Crippen molar-refractivity contribution in [3.8, 4) is 11.5 Å². The van der Waals surface area contributed by atoms with E-state index in [-0.39, 0.29) is 0 Å². The first kappa shape index (κ1) is 12.9. The summed E-state index contributed by atoms with van der Waals surface area (Å²) in [5.74, 6) is 1.61. The highest BCUT2D eigenvalue weighted by Crippen LogP contribution is 2.28. The van der Waals surface area contributed by atoms with Gasteiger partial charge in [-0.05, 0) is 43.3 Å². The standard InChI is InChI=1S/C15H16ClNO/c1-11-5-3-4-6-15(11)18-13-8-7-12(10-17-2)14(16)9-13/h3-9,17H,10H2,1-2H3. The maximum atomic E-state index is 6.19. The number of para-hydroxylation sites is 1. The van der Waals surface area contributed by atoms with Crippen molar-refractivity contribution < 1.29 is 4.74 Å². The molecular formula is C15H16ClNO. The minimum Gasteiger partial charge on any atom is -0.457 e. The lowest BCUT2D eigenvalue weighted by molar-refractivity contribution is 0.478. The van der Waals surface area contributed by atoms with Crippen molar-refractivity contribution in [2.24, 2.45) is 0 Å². The molecule has 2 rings (SSSR count). The highest BCUT2D eigenvalue weighted by atomic mass is 35.5. The summed E-state index contributed by atoms with van der Waals surface area (Å²) in [5, 5.41) is 3.80. The normalized spacial score (nSPS) is 10.4. The summed E-state index contributed by atoms with van der Waals surface area (Å²) in [7, 11) is 1.90. The molecule has 0 atom stereocenters. The molecule has 3 heteroatoms. The van der Waals surface area contributed by atoms with E-state index in [1.807, 2.05) is 56.4 Å². The summed E-state index contributed by atoms with van der Waals surface area (Å²) in [4.78, 5) is 0. The van der Waals surface area contributed by atoms with Gasteiger partial charge in [-0.1, -0.05) is 35.9 Å². The Balaban J connectivity index is 2.20. The summed E-state index contributed by atoms with van der Waals surface area (Å²) < 4.78 is 5.82. The molecule has 0 saturated carbocycles. The van der Waals surface area contributed by atoms with Crippen LogP contribution in [0.5, 0.6) is 11.5 Å². The van der Waals surface area contributed by atoms with Gasteiger partial charge < -0.3 is 10.1 Å². The third-order valence-corrected chi connectivity index (χ3v) is 3.07. The number of hydrogen-bond donors (Lipinski definition) is 1. The van der Waals surface area contributed by atoms with Gasteiger partial charge in [0.2, 0.25) is 0 Å². The zero-order chi connectivity index (χ0) is 13.0. The van der Waals surface area contributed by atoms with Crippen molar-refractivity contribution in [2.45, 2.75) is 13.5 Å². The maximum Gasteiger partial charge on any atom is 0.130 e. The van der Waals surface area contributed by atoms with Gasteiger partial charge in [-0.25, -0.2) is 0 Å². The Bertz CT molecular complexity index is 540. The number of nitrogens with one attached hydrogen (secondary N) is 1. The molecule has 0 aliphatic carbocycles. The first-order valence-corrected chi connectivity index (χ1v) is 6.25. The lowest BCUT2D eigenvalue weighted by atomic mass is 10.2. The van der Waals surface area contributed by atoms with E-state index in [9.17, 15) is 0 Å². The third-order valence-electron chi connectivity index (χ3n) is 2.71.